The van der Waals surface area contributed by atoms with Crippen LogP contribution in [-0.2, 0) is 9.59 Å². The Morgan fingerprint density at radius 2 is 1.81 bits per heavy atom. The Kier molecular flexibility index (Phi) is 5.21. The molecule has 2 N–H and O–H groups in total. The predicted molar refractivity (Wildman–Crippen MR) is 104 cm³/mol. The fourth-order valence-electron chi connectivity index (χ4n) is 4.01. The first-order chi connectivity index (χ1) is 12.6. The second-order valence-corrected chi connectivity index (χ2v) is 9.04. The van der Waals surface area contributed by atoms with Crippen molar-refractivity contribution in [3.8, 4) is 0 Å². The van der Waals surface area contributed by atoms with E-state index in [0.717, 1.165) is 17.7 Å². The number of nitrogens with one attached hydrogen (secondary N) is 2. The van der Waals surface area contributed by atoms with Gasteiger partial charge in [-0.3, -0.25) is 14.5 Å². The summed E-state index contributed by atoms with van der Waals surface area (Å²) in [4.78, 5) is 38.6. The SMILES string of the molecule is CC(C)(C)C1CCC2(CC1)NC(=O)N(CC(=O)Nc1ccc(Cl)cc1)C2=O. The standard InChI is InChI=1S/C20H26ClN3O3/c1-19(2,3)13-8-10-20(11-9-13)17(26)24(18(27)23-20)12-16(25)22-15-6-4-14(21)5-7-15/h4-7,13H,8-12H2,1-3H3,(H,22,25)(H,23,27). The third-order valence-electron chi connectivity index (χ3n) is 5.74. The number of hydrogen-bond donors (Lipinski definition) is 2. The topological polar surface area (TPSA) is 78.5 Å². The molecule has 6 nitrogen and oxygen atoms in total. The van der Waals surface area contributed by atoms with Gasteiger partial charge in [0.25, 0.3) is 5.91 Å². The van der Waals surface area contributed by atoms with Crippen molar-refractivity contribution in [2.45, 2.75) is 52.0 Å². The third kappa shape index (κ3) is 4.10. The molecule has 2 aliphatic rings. The molecular weight excluding hydrogens is 366 g/mol. The Balaban J connectivity index is 1.63. The normalized spacial score (nSPS) is 25.6. The number of carbonyl (C=O) groups is 3. The zero-order valence-corrected chi connectivity index (χ0v) is 16.7. The van der Waals surface area contributed by atoms with Crippen molar-refractivity contribution in [1.82, 2.24) is 10.2 Å². The van der Waals surface area contributed by atoms with E-state index in [-0.39, 0.29) is 17.9 Å². The maximum absolute atomic E-state index is 12.9. The van der Waals surface area contributed by atoms with E-state index in [9.17, 15) is 14.4 Å². The molecule has 0 aromatic heterocycles. The Bertz CT molecular complexity index is 747. The fourth-order valence-corrected chi connectivity index (χ4v) is 4.14. The number of hydrogen-bond acceptors (Lipinski definition) is 3. The van der Waals surface area contributed by atoms with E-state index >= 15 is 0 Å². The molecule has 1 aliphatic carbocycles. The molecule has 7 heteroatoms. The van der Waals surface area contributed by atoms with Crippen LogP contribution in [0.4, 0.5) is 10.5 Å². The van der Waals surface area contributed by atoms with Crippen molar-refractivity contribution >= 4 is 35.1 Å². The van der Waals surface area contributed by atoms with Gasteiger partial charge in [0.15, 0.2) is 0 Å². The number of nitrogens with zero attached hydrogens (tertiary/aromatic N) is 1. The lowest BCUT2D eigenvalue weighted by Crippen LogP contribution is -2.50. The molecule has 0 bridgehead atoms. The summed E-state index contributed by atoms with van der Waals surface area (Å²) in [6.07, 6.45) is 3.02. The van der Waals surface area contributed by atoms with Crippen molar-refractivity contribution < 1.29 is 14.4 Å². The van der Waals surface area contributed by atoms with Gasteiger partial charge in [-0.1, -0.05) is 32.4 Å². The number of anilines is 1. The molecule has 4 amide bonds. The molecule has 1 aliphatic heterocycles. The average Bonchev–Trinajstić information content (AvgIpc) is 2.81. The van der Waals surface area contributed by atoms with E-state index < -0.39 is 17.5 Å². The second kappa shape index (κ2) is 7.15. The minimum atomic E-state index is -0.848. The highest BCUT2D eigenvalue weighted by atomic mass is 35.5. The summed E-state index contributed by atoms with van der Waals surface area (Å²) in [5, 5.41) is 6.11. The molecule has 27 heavy (non-hydrogen) atoms. The number of halogens is 1. The van der Waals surface area contributed by atoms with Crippen LogP contribution in [-0.4, -0.2) is 34.8 Å². The fraction of sp³-hybridized carbons (Fsp3) is 0.550. The molecule has 1 saturated carbocycles. The van der Waals surface area contributed by atoms with Gasteiger partial charge in [-0.25, -0.2) is 4.79 Å². The lowest BCUT2D eigenvalue weighted by Gasteiger charge is -2.40. The molecule has 0 unspecified atom stereocenters. The van der Waals surface area contributed by atoms with Gasteiger partial charge in [0, 0.05) is 10.7 Å². The molecule has 0 atom stereocenters. The van der Waals surface area contributed by atoms with Gasteiger partial charge < -0.3 is 10.6 Å². The van der Waals surface area contributed by atoms with Gasteiger partial charge in [0.2, 0.25) is 5.91 Å². The van der Waals surface area contributed by atoms with Gasteiger partial charge in [0.1, 0.15) is 12.1 Å². The van der Waals surface area contributed by atoms with Gasteiger partial charge in [-0.05, 0) is 61.3 Å². The number of carbonyl (C=O) groups excluding carboxylic acids is 3. The van der Waals surface area contributed by atoms with Crippen molar-refractivity contribution in [2.75, 3.05) is 11.9 Å². The largest absolute Gasteiger partial charge is 0.325 e. The maximum Gasteiger partial charge on any atom is 0.325 e. The lowest BCUT2D eigenvalue weighted by molar-refractivity contribution is -0.135. The van der Waals surface area contributed by atoms with E-state index in [4.69, 9.17) is 11.6 Å². The first kappa shape index (κ1) is 19.7. The zero-order valence-electron chi connectivity index (χ0n) is 16.0. The first-order valence-electron chi connectivity index (χ1n) is 9.30. The summed E-state index contributed by atoms with van der Waals surface area (Å²) in [5.74, 6) is -0.178. The van der Waals surface area contributed by atoms with Gasteiger partial charge in [-0.15, -0.1) is 0 Å². The highest BCUT2D eigenvalue weighted by molar-refractivity contribution is 6.30. The van der Waals surface area contributed by atoms with E-state index in [1.807, 2.05) is 0 Å². The molecule has 1 heterocycles. The van der Waals surface area contributed by atoms with E-state index in [1.54, 1.807) is 24.3 Å². The van der Waals surface area contributed by atoms with E-state index in [1.165, 1.54) is 0 Å². The zero-order chi connectivity index (χ0) is 19.8. The monoisotopic (exact) mass is 391 g/mol. The lowest BCUT2D eigenvalue weighted by atomic mass is 9.67. The van der Waals surface area contributed by atoms with Gasteiger partial charge in [0.05, 0.1) is 0 Å². The summed E-state index contributed by atoms with van der Waals surface area (Å²) in [5.41, 5.74) is -0.0954. The molecule has 1 aromatic carbocycles. The summed E-state index contributed by atoms with van der Waals surface area (Å²) in [6, 6.07) is 6.17. The van der Waals surface area contributed by atoms with Crippen LogP contribution >= 0.6 is 11.6 Å². The summed E-state index contributed by atoms with van der Waals surface area (Å²) in [6.45, 7) is 6.33. The van der Waals surface area contributed by atoms with E-state index in [0.29, 0.717) is 29.5 Å². The number of benzene rings is 1. The molecule has 1 aromatic rings. The molecule has 1 saturated heterocycles. The van der Waals surface area contributed by atoms with Crippen LogP contribution in [0.5, 0.6) is 0 Å². The van der Waals surface area contributed by atoms with Crippen molar-refractivity contribution in [2.24, 2.45) is 11.3 Å². The van der Waals surface area contributed by atoms with Crippen molar-refractivity contribution in [3.63, 3.8) is 0 Å². The second-order valence-electron chi connectivity index (χ2n) is 8.60. The minimum absolute atomic E-state index is 0.186. The Morgan fingerprint density at radius 3 is 2.37 bits per heavy atom. The van der Waals surface area contributed by atoms with Crippen molar-refractivity contribution in [1.29, 1.82) is 0 Å². The number of imide groups is 1. The van der Waals surface area contributed by atoms with Crippen LogP contribution in [0.1, 0.15) is 46.5 Å². The van der Waals surface area contributed by atoms with Crippen molar-refractivity contribution in [3.05, 3.63) is 29.3 Å². The highest BCUT2D eigenvalue weighted by Gasteiger charge is 2.53. The smallest absolute Gasteiger partial charge is 0.325 e. The van der Waals surface area contributed by atoms with Crippen LogP contribution in [0.25, 0.3) is 0 Å². The average molecular weight is 392 g/mol. The highest BCUT2D eigenvalue weighted by Crippen LogP contribution is 2.43. The first-order valence-corrected chi connectivity index (χ1v) is 9.68. The Labute approximate surface area is 164 Å². The quantitative estimate of drug-likeness (QED) is 0.769. The molecule has 146 valence electrons. The minimum Gasteiger partial charge on any atom is -0.325 e. The molecular formula is C20H26ClN3O3. The summed E-state index contributed by atoms with van der Waals surface area (Å²) in [7, 11) is 0. The Hall–Kier alpha value is -2.08. The van der Waals surface area contributed by atoms with Gasteiger partial charge >= 0.3 is 6.03 Å². The molecule has 2 fully saturated rings. The third-order valence-corrected chi connectivity index (χ3v) is 5.99. The number of amides is 4. The van der Waals surface area contributed by atoms with Crippen LogP contribution in [0.3, 0.4) is 0 Å². The number of rotatable bonds is 3. The predicted octanol–water partition coefficient (Wildman–Crippen LogP) is 3.81. The van der Waals surface area contributed by atoms with Crippen LogP contribution < -0.4 is 10.6 Å². The molecule has 3 rings (SSSR count). The van der Waals surface area contributed by atoms with Crippen LogP contribution in [0, 0.1) is 11.3 Å². The van der Waals surface area contributed by atoms with Crippen LogP contribution in [0.2, 0.25) is 5.02 Å². The number of urea groups is 1. The summed E-state index contributed by atoms with van der Waals surface area (Å²) < 4.78 is 0. The maximum atomic E-state index is 12.9. The molecule has 0 radical (unpaired) electrons. The van der Waals surface area contributed by atoms with E-state index in [2.05, 4.69) is 31.4 Å². The molecule has 1 spiro atoms. The summed E-state index contributed by atoms with van der Waals surface area (Å²) >= 11 is 5.83. The Morgan fingerprint density at radius 1 is 1.22 bits per heavy atom. The van der Waals surface area contributed by atoms with Crippen LogP contribution in [0.15, 0.2) is 24.3 Å². The van der Waals surface area contributed by atoms with Gasteiger partial charge in [-0.2, -0.15) is 0 Å².